The summed E-state index contributed by atoms with van der Waals surface area (Å²) in [6.07, 6.45) is 9.82. The van der Waals surface area contributed by atoms with Gasteiger partial charge in [0.15, 0.2) is 0 Å². The first-order valence-corrected chi connectivity index (χ1v) is 9.95. The fourth-order valence-electron chi connectivity index (χ4n) is 3.31. The first kappa shape index (κ1) is 25.1. The molecule has 0 fully saturated rings. The molecule has 0 heterocycles. The van der Waals surface area contributed by atoms with Crippen molar-refractivity contribution in [1.29, 1.82) is 0 Å². The lowest BCUT2D eigenvalue weighted by Crippen LogP contribution is -2.51. The number of unbranched alkanes of at least 4 members (excludes halogenated alkanes) is 2. The highest BCUT2D eigenvalue weighted by atomic mass is 16.4. The number of allylic oxidation sites excluding steroid dienone is 2. The zero-order valence-corrected chi connectivity index (χ0v) is 16.5. The molecular weight excluding hydrogens is 350 g/mol. The van der Waals surface area contributed by atoms with Gasteiger partial charge >= 0.3 is 11.9 Å². The Labute approximate surface area is 162 Å². The van der Waals surface area contributed by atoms with Gasteiger partial charge in [0.05, 0.1) is 39.0 Å². The molecule has 0 aromatic heterocycles. The van der Waals surface area contributed by atoms with Crippen molar-refractivity contribution in [3.63, 3.8) is 0 Å². The van der Waals surface area contributed by atoms with Crippen LogP contribution in [0.5, 0.6) is 0 Å². The Morgan fingerprint density at radius 1 is 0.778 bits per heavy atom. The molecule has 0 aliphatic heterocycles. The molecule has 0 aromatic carbocycles. The Bertz CT molecular complexity index is 425. The van der Waals surface area contributed by atoms with E-state index < -0.39 is 17.9 Å². The van der Waals surface area contributed by atoms with E-state index in [9.17, 15) is 19.5 Å². The fraction of sp³-hybridized carbons (Fsp3) is 0.750. The fourth-order valence-corrected chi connectivity index (χ4v) is 3.31. The summed E-state index contributed by atoms with van der Waals surface area (Å²) in [6.45, 7) is 4.76. The second-order valence-corrected chi connectivity index (χ2v) is 7.11. The van der Waals surface area contributed by atoms with Gasteiger partial charge in [-0.3, -0.25) is 9.59 Å². The summed E-state index contributed by atoms with van der Waals surface area (Å²) >= 11 is 0. The van der Waals surface area contributed by atoms with Gasteiger partial charge in [0.1, 0.15) is 0 Å². The number of carboxylic acids is 3. The van der Waals surface area contributed by atoms with Crippen molar-refractivity contribution in [3.8, 4) is 0 Å². The van der Waals surface area contributed by atoms with Gasteiger partial charge in [-0.15, -0.1) is 0 Å². The second kappa shape index (κ2) is 15.2. The van der Waals surface area contributed by atoms with Gasteiger partial charge in [-0.25, -0.2) is 0 Å². The Hall–Kier alpha value is -1.89. The van der Waals surface area contributed by atoms with Crippen LogP contribution in [-0.2, 0) is 14.4 Å². The van der Waals surface area contributed by atoms with Crippen LogP contribution in [0.1, 0.15) is 71.1 Å². The maximum absolute atomic E-state index is 10.9. The molecule has 0 saturated heterocycles. The quantitative estimate of drug-likeness (QED) is 0.212. The van der Waals surface area contributed by atoms with Crippen molar-refractivity contribution in [3.05, 3.63) is 12.2 Å². The zero-order valence-electron chi connectivity index (χ0n) is 16.5. The third-order valence-corrected chi connectivity index (χ3v) is 4.68. The van der Waals surface area contributed by atoms with Crippen LogP contribution in [0.2, 0.25) is 0 Å². The van der Waals surface area contributed by atoms with Crippen LogP contribution >= 0.6 is 0 Å². The zero-order chi connectivity index (χ0) is 20.5. The van der Waals surface area contributed by atoms with Crippen molar-refractivity contribution in [2.75, 3.05) is 26.2 Å². The van der Waals surface area contributed by atoms with Crippen molar-refractivity contribution < 1.29 is 34.2 Å². The summed E-state index contributed by atoms with van der Waals surface area (Å²) in [5.74, 6) is -2.79. The molecule has 0 aromatic rings. The maximum Gasteiger partial charge on any atom is 0.303 e. The van der Waals surface area contributed by atoms with E-state index in [1.54, 1.807) is 0 Å². The predicted octanol–water partition coefficient (Wildman–Crippen LogP) is 2.20. The van der Waals surface area contributed by atoms with Crippen LogP contribution in [0.3, 0.4) is 0 Å². The van der Waals surface area contributed by atoms with Crippen LogP contribution in [0.25, 0.3) is 0 Å². The number of aliphatic carboxylic acids is 3. The SMILES string of the molecule is CCC/C=C\CCC[N+](CCCC(=O)[O-])(CCCC(=O)O)CCCC(=O)O. The molecule has 0 rings (SSSR count). The van der Waals surface area contributed by atoms with E-state index in [4.69, 9.17) is 10.2 Å². The molecule has 0 saturated carbocycles. The minimum atomic E-state index is -1.09. The standard InChI is InChI=1S/C20H35NO6/c1-2-3-4-5-6-7-14-21(15-8-11-18(22)23,16-9-12-19(24)25)17-10-13-20(26)27/h4-5H,2-3,6-17H2,1H3,(H2-,22,23,24,25,26,27)/b5-4-. The maximum atomic E-state index is 10.9. The molecule has 0 spiro atoms. The molecule has 0 amide bonds. The first-order valence-electron chi connectivity index (χ1n) is 9.95. The molecule has 0 aliphatic carbocycles. The van der Waals surface area contributed by atoms with Gasteiger partial charge in [-0.05, 0) is 19.3 Å². The number of hydrogen-bond acceptors (Lipinski definition) is 4. The van der Waals surface area contributed by atoms with E-state index in [-0.39, 0.29) is 19.3 Å². The highest BCUT2D eigenvalue weighted by Crippen LogP contribution is 2.17. The number of hydrogen-bond donors (Lipinski definition) is 2. The predicted molar refractivity (Wildman–Crippen MR) is 101 cm³/mol. The van der Waals surface area contributed by atoms with Crippen molar-refractivity contribution in [2.24, 2.45) is 0 Å². The molecule has 0 radical (unpaired) electrons. The van der Waals surface area contributed by atoms with Gasteiger partial charge in [-0.1, -0.05) is 25.5 Å². The van der Waals surface area contributed by atoms with Crippen molar-refractivity contribution in [1.82, 2.24) is 0 Å². The van der Waals surface area contributed by atoms with Gasteiger partial charge in [0.2, 0.25) is 0 Å². The molecule has 0 unspecified atom stereocenters. The Balaban J connectivity index is 4.93. The largest absolute Gasteiger partial charge is 0.550 e. The van der Waals surface area contributed by atoms with Crippen LogP contribution in [0.4, 0.5) is 0 Å². The van der Waals surface area contributed by atoms with Gasteiger partial charge in [0.25, 0.3) is 0 Å². The number of carbonyl (C=O) groups is 3. The van der Waals surface area contributed by atoms with Crippen molar-refractivity contribution >= 4 is 17.9 Å². The molecule has 27 heavy (non-hydrogen) atoms. The second-order valence-electron chi connectivity index (χ2n) is 7.11. The Morgan fingerprint density at radius 2 is 1.22 bits per heavy atom. The number of carboxylic acid groups (broad SMARTS) is 3. The van der Waals surface area contributed by atoms with Crippen LogP contribution < -0.4 is 5.11 Å². The van der Waals surface area contributed by atoms with Crippen molar-refractivity contribution in [2.45, 2.75) is 71.1 Å². The summed E-state index contributed by atoms with van der Waals surface area (Å²) in [7, 11) is 0. The van der Waals surface area contributed by atoms with Crippen LogP contribution in [0.15, 0.2) is 12.2 Å². The lowest BCUT2D eigenvalue weighted by molar-refractivity contribution is -0.928. The summed E-state index contributed by atoms with van der Waals surface area (Å²) in [6, 6.07) is 0. The Morgan fingerprint density at radius 3 is 1.67 bits per heavy atom. The molecular formula is C20H35NO6. The van der Waals surface area contributed by atoms with E-state index >= 15 is 0 Å². The minimum absolute atomic E-state index is 0.0335. The minimum Gasteiger partial charge on any atom is -0.550 e. The van der Waals surface area contributed by atoms with Crippen LogP contribution in [0, 0.1) is 0 Å². The molecule has 0 bridgehead atoms. The average Bonchev–Trinajstić information content (AvgIpc) is 2.57. The molecule has 0 atom stereocenters. The van der Waals surface area contributed by atoms with E-state index in [1.165, 1.54) is 0 Å². The van der Waals surface area contributed by atoms with Gasteiger partial charge in [-0.2, -0.15) is 0 Å². The highest BCUT2D eigenvalue weighted by Gasteiger charge is 2.26. The number of carbonyl (C=O) groups excluding carboxylic acids is 1. The van der Waals surface area contributed by atoms with E-state index in [0.717, 1.165) is 32.2 Å². The third kappa shape index (κ3) is 14.9. The highest BCUT2D eigenvalue weighted by molar-refractivity contribution is 5.66. The van der Waals surface area contributed by atoms with Gasteiger partial charge in [0, 0.05) is 31.7 Å². The first-order chi connectivity index (χ1) is 12.8. The molecule has 2 N–H and O–H groups in total. The normalized spacial score (nSPS) is 11.7. The van der Waals surface area contributed by atoms with Crippen LogP contribution in [-0.4, -0.2) is 58.8 Å². The molecule has 156 valence electrons. The Kier molecular flexibility index (Phi) is 14.1. The molecule has 7 heteroatoms. The topological polar surface area (TPSA) is 115 Å². The lowest BCUT2D eigenvalue weighted by Gasteiger charge is -2.39. The monoisotopic (exact) mass is 385 g/mol. The third-order valence-electron chi connectivity index (χ3n) is 4.68. The lowest BCUT2D eigenvalue weighted by atomic mass is 10.1. The number of rotatable bonds is 18. The van der Waals surface area contributed by atoms with E-state index in [1.807, 2.05) is 0 Å². The molecule has 0 aliphatic rings. The van der Waals surface area contributed by atoms with Gasteiger partial charge < -0.3 is 24.6 Å². The van der Waals surface area contributed by atoms with E-state index in [0.29, 0.717) is 43.4 Å². The van der Waals surface area contributed by atoms with E-state index in [2.05, 4.69) is 19.1 Å². The summed E-state index contributed by atoms with van der Waals surface area (Å²) in [4.78, 5) is 32.5. The average molecular weight is 386 g/mol. The molecule has 7 nitrogen and oxygen atoms in total. The summed E-state index contributed by atoms with van der Waals surface area (Å²) in [5.41, 5.74) is 0. The summed E-state index contributed by atoms with van der Waals surface area (Å²) < 4.78 is 0.579. The summed E-state index contributed by atoms with van der Waals surface area (Å²) in [5, 5.41) is 28.6. The number of quaternary nitrogens is 1. The smallest absolute Gasteiger partial charge is 0.303 e. The number of nitrogens with zero attached hydrogens (tertiary/aromatic N) is 1.